The van der Waals surface area contributed by atoms with Gasteiger partial charge in [-0.1, -0.05) is 55.1 Å². The van der Waals surface area contributed by atoms with Crippen molar-refractivity contribution in [2.45, 2.75) is 6.54 Å². The van der Waals surface area contributed by atoms with Crippen molar-refractivity contribution >= 4 is 6.08 Å². The number of hydrogen-bond donors (Lipinski definition) is 0. The summed E-state index contributed by atoms with van der Waals surface area (Å²) < 4.78 is 9.32. The summed E-state index contributed by atoms with van der Waals surface area (Å²) in [6.45, 7) is 4.65. The zero-order valence-electron chi connectivity index (χ0n) is 18.4. The van der Waals surface area contributed by atoms with Crippen molar-refractivity contribution in [3.8, 4) is 33.8 Å². The summed E-state index contributed by atoms with van der Waals surface area (Å²) in [7, 11) is 1.67. The van der Waals surface area contributed by atoms with Gasteiger partial charge in [0.1, 0.15) is 5.75 Å². The second-order valence-corrected chi connectivity index (χ2v) is 7.75. The molecule has 5 rings (SSSR count). The van der Waals surface area contributed by atoms with Crippen LogP contribution in [0.4, 0.5) is 0 Å². The van der Waals surface area contributed by atoms with Crippen molar-refractivity contribution in [2.24, 2.45) is 0 Å². The predicted molar refractivity (Wildman–Crippen MR) is 132 cm³/mol. The summed E-state index contributed by atoms with van der Waals surface area (Å²) in [5.41, 5.74) is 7.43. The van der Waals surface area contributed by atoms with Gasteiger partial charge < -0.3 is 4.74 Å². The monoisotopic (exact) mass is 432 g/mol. The molecule has 0 radical (unpaired) electrons. The summed E-state index contributed by atoms with van der Waals surface area (Å²) >= 11 is 0. The molecular formula is C28H24N4O. The first-order chi connectivity index (χ1) is 16.2. The highest BCUT2D eigenvalue weighted by atomic mass is 16.5. The largest absolute Gasteiger partial charge is 0.496 e. The van der Waals surface area contributed by atoms with Crippen LogP contribution in [0.5, 0.6) is 5.75 Å². The lowest BCUT2D eigenvalue weighted by molar-refractivity contribution is 0.414. The summed E-state index contributed by atoms with van der Waals surface area (Å²) in [6.07, 6.45) is 7.60. The number of ether oxygens (including phenoxy) is 1. The van der Waals surface area contributed by atoms with Gasteiger partial charge in [0.15, 0.2) is 0 Å². The smallest absolute Gasteiger partial charge is 0.126 e. The van der Waals surface area contributed by atoms with Crippen LogP contribution in [0.15, 0.2) is 104 Å². The molecular weight excluding hydrogens is 408 g/mol. The van der Waals surface area contributed by atoms with Crippen molar-refractivity contribution in [1.82, 2.24) is 19.6 Å². The van der Waals surface area contributed by atoms with Gasteiger partial charge in [-0.25, -0.2) is 4.68 Å². The van der Waals surface area contributed by atoms with Crippen LogP contribution in [-0.4, -0.2) is 26.7 Å². The van der Waals surface area contributed by atoms with Gasteiger partial charge in [0.25, 0.3) is 0 Å². The van der Waals surface area contributed by atoms with Crippen molar-refractivity contribution in [1.29, 1.82) is 0 Å². The second kappa shape index (κ2) is 9.01. The first-order valence-corrected chi connectivity index (χ1v) is 10.8. The van der Waals surface area contributed by atoms with Crippen molar-refractivity contribution in [3.63, 3.8) is 0 Å². The maximum atomic E-state index is 5.41. The van der Waals surface area contributed by atoms with Gasteiger partial charge >= 0.3 is 0 Å². The molecule has 5 nitrogen and oxygen atoms in total. The lowest BCUT2D eigenvalue weighted by Gasteiger charge is -2.11. The summed E-state index contributed by atoms with van der Waals surface area (Å²) in [5, 5.41) is 9.08. The number of aromatic nitrogens is 4. The topological polar surface area (TPSA) is 44.9 Å². The maximum absolute atomic E-state index is 5.41. The van der Waals surface area contributed by atoms with E-state index >= 15 is 0 Å². The van der Waals surface area contributed by atoms with Gasteiger partial charge in [0, 0.05) is 22.9 Å². The number of hydrogen-bond acceptors (Lipinski definition) is 3. The Hall–Kier alpha value is -4.38. The summed E-state index contributed by atoms with van der Waals surface area (Å²) in [6, 6.07) is 26.8. The molecule has 0 aliphatic carbocycles. The maximum Gasteiger partial charge on any atom is 0.126 e. The van der Waals surface area contributed by atoms with E-state index in [0.717, 1.165) is 45.9 Å². The van der Waals surface area contributed by atoms with E-state index in [9.17, 15) is 0 Å². The molecule has 2 heterocycles. The SMILES string of the molecule is C=Cc1cc(-c2ccnn2-c2ccc(-c3cnn(Cc4ccccc4)c3)cc2)ccc1OC. The average Bonchev–Trinajstić information content (AvgIpc) is 3.54. The number of nitrogens with zero attached hydrogens (tertiary/aromatic N) is 4. The van der Waals surface area contributed by atoms with Gasteiger partial charge in [-0.15, -0.1) is 0 Å². The molecule has 5 aromatic rings. The second-order valence-electron chi connectivity index (χ2n) is 7.75. The van der Waals surface area contributed by atoms with E-state index in [1.165, 1.54) is 5.56 Å². The quantitative estimate of drug-likeness (QED) is 0.312. The zero-order chi connectivity index (χ0) is 22.6. The lowest BCUT2D eigenvalue weighted by atomic mass is 10.1. The van der Waals surface area contributed by atoms with Gasteiger partial charge in [-0.05, 0) is 47.5 Å². The Balaban J connectivity index is 1.39. The van der Waals surface area contributed by atoms with E-state index in [1.807, 2.05) is 58.2 Å². The van der Waals surface area contributed by atoms with E-state index in [1.54, 1.807) is 13.2 Å². The molecule has 162 valence electrons. The van der Waals surface area contributed by atoms with Crippen LogP contribution in [0.1, 0.15) is 11.1 Å². The fourth-order valence-electron chi connectivity index (χ4n) is 3.95. The van der Waals surface area contributed by atoms with E-state index in [2.05, 4.69) is 65.4 Å². The Morgan fingerprint density at radius 3 is 2.42 bits per heavy atom. The molecule has 0 aliphatic rings. The zero-order valence-corrected chi connectivity index (χ0v) is 18.4. The van der Waals surface area contributed by atoms with Crippen LogP contribution in [0.2, 0.25) is 0 Å². The fraction of sp³-hybridized carbons (Fsp3) is 0.0714. The molecule has 0 aliphatic heterocycles. The Morgan fingerprint density at radius 1 is 0.879 bits per heavy atom. The molecule has 33 heavy (non-hydrogen) atoms. The van der Waals surface area contributed by atoms with E-state index < -0.39 is 0 Å². The number of rotatable bonds is 7. The molecule has 2 aromatic heterocycles. The van der Waals surface area contributed by atoms with Crippen LogP contribution in [0.3, 0.4) is 0 Å². The predicted octanol–water partition coefficient (Wildman–Crippen LogP) is 6.10. The Kier molecular flexibility index (Phi) is 5.60. The fourth-order valence-corrected chi connectivity index (χ4v) is 3.95. The van der Waals surface area contributed by atoms with E-state index in [0.29, 0.717) is 0 Å². The normalized spacial score (nSPS) is 10.8. The van der Waals surface area contributed by atoms with Crippen LogP contribution in [0, 0.1) is 0 Å². The minimum atomic E-state index is 0.754. The number of methoxy groups -OCH3 is 1. The molecule has 0 atom stereocenters. The first-order valence-electron chi connectivity index (χ1n) is 10.8. The molecule has 0 spiro atoms. The minimum absolute atomic E-state index is 0.754. The highest BCUT2D eigenvalue weighted by Crippen LogP contribution is 2.29. The van der Waals surface area contributed by atoms with Gasteiger partial charge in [-0.3, -0.25) is 4.68 Å². The highest BCUT2D eigenvalue weighted by Gasteiger charge is 2.11. The molecule has 3 aromatic carbocycles. The highest BCUT2D eigenvalue weighted by molar-refractivity contribution is 5.70. The third-order valence-corrected chi connectivity index (χ3v) is 5.65. The third kappa shape index (κ3) is 4.21. The Labute approximate surface area is 193 Å². The van der Waals surface area contributed by atoms with Crippen molar-refractivity contribution in [2.75, 3.05) is 7.11 Å². The Morgan fingerprint density at radius 2 is 1.67 bits per heavy atom. The van der Waals surface area contributed by atoms with Gasteiger partial charge in [-0.2, -0.15) is 10.2 Å². The van der Waals surface area contributed by atoms with Crippen LogP contribution in [0.25, 0.3) is 34.1 Å². The van der Waals surface area contributed by atoms with Gasteiger partial charge in [0.2, 0.25) is 0 Å². The van der Waals surface area contributed by atoms with Crippen LogP contribution in [-0.2, 0) is 6.54 Å². The van der Waals surface area contributed by atoms with Crippen LogP contribution >= 0.6 is 0 Å². The molecule has 0 unspecified atom stereocenters. The van der Waals surface area contributed by atoms with Crippen LogP contribution < -0.4 is 4.74 Å². The van der Waals surface area contributed by atoms with E-state index in [4.69, 9.17) is 4.74 Å². The molecule has 0 saturated carbocycles. The molecule has 0 N–H and O–H groups in total. The minimum Gasteiger partial charge on any atom is -0.496 e. The van der Waals surface area contributed by atoms with Crippen molar-refractivity contribution in [3.05, 3.63) is 115 Å². The van der Waals surface area contributed by atoms with E-state index in [-0.39, 0.29) is 0 Å². The van der Waals surface area contributed by atoms with Gasteiger partial charge in [0.05, 0.1) is 37.4 Å². The summed E-state index contributed by atoms with van der Waals surface area (Å²) in [5.74, 6) is 0.803. The molecule has 0 fully saturated rings. The first kappa shape index (κ1) is 20.5. The molecule has 0 bridgehead atoms. The lowest BCUT2D eigenvalue weighted by Crippen LogP contribution is -1.99. The Bertz CT molecular complexity index is 1380. The standard InChI is InChI=1S/C28H24N4O/c1-3-22-17-24(11-14-28(22)33-2)27-15-16-29-32(27)26-12-9-23(10-13-26)25-18-30-31(20-25)19-21-7-5-4-6-8-21/h3-18,20H,1,19H2,2H3. The average molecular weight is 433 g/mol. The summed E-state index contributed by atoms with van der Waals surface area (Å²) in [4.78, 5) is 0. The van der Waals surface area contributed by atoms with Crippen molar-refractivity contribution < 1.29 is 4.74 Å². The molecule has 0 saturated heterocycles. The molecule has 5 heteroatoms. The third-order valence-electron chi connectivity index (χ3n) is 5.65. The number of benzene rings is 3. The molecule has 0 amide bonds.